The van der Waals surface area contributed by atoms with Gasteiger partial charge in [-0.2, -0.15) is 0 Å². The molecule has 3 heteroatoms. The summed E-state index contributed by atoms with van der Waals surface area (Å²) in [5.74, 6) is -0.122. The topological polar surface area (TPSA) is 15.3 Å². The Morgan fingerprint density at radius 2 is 2.00 bits per heavy atom. The average molecular weight is 222 g/mol. The van der Waals surface area contributed by atoms with Crippen LogP contribution in [-0.2, 0) is 0 Å². The third kappa shape index (κ3) is 2.19. The number of anilines is 1. The van der Waals surface area contributed by atoms with Crippen molar-refractivity contribution in [1.82, 2.24) is 5.32 Å². The molecule has 2 nitrogen and oxygen atoms in total. The summed E-state index contributed by atoms with van der Waals surface area (Å²) in [6, 6.07) is 7.75. The first-order valence-corrected chi connectivity index (χ1v) is 5.93. The van der Waals surface area contributed by atoms with Gasteiger partial charge in [0.05, 0.1) is 5.69 Å². The van der Waals surface area contributed by atoms with Crippen LogP contribution in [0.4, 0.5) is 10.1 Å². The molecule has 2 unspecified atom stereocenters. The normalized spacial score (nSPS) is 26.6. The van der Waals surface area contributed by atoms with Gasteiger partial charge in [-0.25, -0.2) is 4.39 Å². The summed E-state index contributed by atoms with van der Waals surface area (Å²) < 4.78 is 13.8. The average Bonchev–Trinajstić information content (AvgIpc) is 2.42. The predicted octanol–water partition coefficient (Wildman–Crippen LogP) is 2.40. The van der Waals surface area contributed by atoms with Crippen LogP contribution in [0.3, 0.4) is 0 Å². The number of nitrogens with zero attached hydrogens (tertiary/aromatic N) is 1. The Kier molecular flexibility index (Phi) is 3.44. The largest absolute Gasteiger partial charge is 0.362 e. The molecule has 16 heavy (non-hydrogen) atoms. The van der Waals surface area contributed by atoms with Crippen molar-refractivity contribution in [2.75, 3.05) is 18.0 Å². The summed E-state index contributed by atoms with van der Waals surface area (Å²) in [6.07, 6.45) is 1.05. The van der Waals surface area contributed by atoms with Crippen LogP contribution in [0, 0.1) is 5.82 Å². The molecule has 88 valence electrons. The molecule has 2 rings (SSSR count). The maximum absolute atomic E-state index is 13.8. The minimum atomic E-state index is -0.122. The Bertz CT molecular complexity index is 342. The maximum atomic E-state index is 13.8. The molecule has 0 spiro atoms. The third-order valence-electron chi connectivity index (χ3n) is 3.26. The Morgan fingerprint density at radius 3 is 2.75 bits per heavy atom. The molecule has 0 bridgehead atoms. The van der Waals surface area contributed by atoms with Gasteiger partial charge in [0.25, 0.3) is 0 Å². The Balaban J connectivity index is 2.32. The number of benzene rings is 1. The van der Waals surface area contributed by atoms with Crippen molar-refractivity contribution >= 4 is 5.69 Å². The fraction of sp³-hybridized carbons (Fsp3) is 0.538. The number of hydrogen-bond donors (Lipinski definition) is 1. The highest BCUT2D eigenvalue weighted by Gasteiger charge is 2.24. The molecule has 1 heterocycles. The first-order chi connectivity index (χ1) is 7.70. The number of nitrogens with one attached hydrogen (secondary N) is 1. The highest BCUT2D eigenvalue weighted by molar-refractivity contribution is 5.49. The van der Waals surface area contributed by atoms with Crippen molar-refractivity contribution in [3.63, 3.8) is 0 Å². The van der Waals surface area contributed by atoms with Crippen LogP contribution in [0.25, 0.3) is 0 Å². The molecular weight excluding hydrogens is 203 g/mol. The van der Waals surface area contributed by atoms with Crippen molar-refractivity contribution in [2.24, 2.45) is 0 Å². The quantitative estimate of drug-likeness (QED) is 0.785. The lowest BCUT2D eigenvalue weighted by atomic mass is 10.1. The van der Waals surface area contributed by atoms with E-state index in [2.05, 4.69) is 24.1 Å². The zero-order valence-corrected chi connectivity index (χ0v) is 9.91. The van der Waals surface area contributed by atoms with Crippen molar-refractivity contribution in [3.8, 4) is 0 Å². The molecule has 1 aliphatic heterocycles. The highest BCUT2D eigenvalue weighted by Crippen LogP contribution is 2.25. The second-order valence-corrected chi connectivity index (χ2v) is 4.55. The van der Waals surface area contributed by atoms with E-state index in [4.69, 9.17) is 0 Å². The molecule has 0 saturated carbocycles. The van der Waals surface area contributed by atoms with Gasteiger partial charge in [-0.15, -0.1) is 0 Å². The maximum Gasteiger partial charge on any atom is 0.146 e. The zero-order valence-electron chi connectivity index (χ0n) is 9.91. The molecule has 1 aliphatic rings. The lowest BCUT2D eigenvalue weighted by Gasteiger charge is -2.34. The van der Waals surface area contributed by atoms with Crippen molar-refractivity contribution in [1.29, 1.82) is 0 Å². The molecule has 0 aromatic heterocycles. The lowest BCUT2D eigenvalue weighted by molar-refractivity contribution is 0.547. The summed E-state index contributed by atoms with van der Waals surface area (Å²) >= 11 is 0. The standard InChI is InChI=1S/C13H19FN2/c1-10-7-8-15-9-11(2)16(10)13-6-4-3-5-12(13)14/h3-6,10-11,15H,7-9H2,1-2H3. The predicted molar refractivity (Wildman–Crippen MR) is 65.3 cm³/mol. The molecule has 2 atom stereocenters. The Morgan fingerprint density at radius 1 is 1.25 bits per heavy atom. The van der Waals surface area contributed by atoms with E-state index < -0.39 is 0 Å². The minimum Gasteiger partial charge on any atom is -0.362 e. The van der Waals surface area contributed by atoms with E-state index in [1.54, 1.807) is 6.07 Å². The molecule has 0 radical (unpaired) electrons. The van der Waals surface area contributed by atoms with Gasteiger partial charge in [-0.05, 0) is 38.9 Å². The van der Waals surface area contributed by atoms with Crippen molar-refractivity contribution < 1.29 is 4.39 Å². The molecule has 1 N–H and O–H groups in total. The number of hydrogen-bond acceptors (Lipinski definition) is 2. The van der Waals surface area contributed by atoms with Gasteiger partial charge >= 0.3 is 0 Å². The van der Waals surface area contributed by atoms with Gasteiger partial charge in [-0.1, -0.05) is 12.1 Å². The van der Waals surface area contributed by atoms with E-state index in [9.17, 15) is 4.39 Å². The van der Waals surface area contributed by atoms with E-state index in [1.807, 2.05) is 12.1 Å². The van der Waals surface area contributed by atoms with Gasteiger partial charge in [0, 0.05) is 18.6 Å². The summed E-state index contributed by atoms with van der Waals surface area (Å²) in [4.78, 5) is 2.19. The summed E-state index contributed by atoms with van der Waals surface area (Å²) in [5.41, 5.74) is 0.728. The minimum absolute atomic E-state index is 0.122. The summed E-state index contributed by atoms with van der Waals surface area (Å²) in [6.45, 7) is 6.23. The van der Waals surface area contributed by atoms with Crippen molar-refractivity contribution in [3.05, 3.63) is 30.1 Å². The van der Waals surface area contributed by atoms with E-state index in [0.717, 1.165) is 25.2 Å². The highest BCUT2D eigenvalue weighted by atomic mass is 19.1. The lowest BCUT2D eigenvalue weighted by Crippen LogP contribution is -2.42. The van der Waals surface area contributed by atoms with E-state index >= 15 is 0 Å². The van der Waals surface area contributed by atoms with E-state index in [-0.39, 0.29) is 5.82 Å². The summed E-state index contributed by atoms with van der Waals surface area (Å²) in [5, 5.41) is 3.38. The molecule has 0 amide bonds. The van der Waals surface area contributed by atoms with Gasteiger partial charge in [0.1, 0.15) is 5.82 Å². The SMILES string of the molecule is CC1CCNCC(C)N1c1ccccc1F. The van der Waals surface area contributed by atoms with Crippen LogP contribution in [0.15, 0.2) is 24.3 Å². The first kappa shape index (κ1) is 11.4. The fourth-order valence-corrected chi connectivity index (χ4v) is 2.43. The van der Waals surface area contributed by atoms with E-state index in [0.29, 0.717) is 12.1 Å². The second kappa shape index (κ2) is 4.83. The van der Waals surface area contributed by atoms with Crippen LogP contribution in [0.2, 0.25) is 0 Å². The van der Waals surface area contributed by atoms with Crippen LogP contribution in [0.5, 0.6) is 0 Å². The molecule has 1 fully saturated rings. The number of rotatable bonds is 1. The molecule has 1 saturated heterocycles. The fourth-order valence-electron chi connectivity index (χ4n) is 2.43. The van der Waals surface area contributed by atoms with Gasteiger partial charge in [0.2, 0.25) is 0 Å². The number of halogens is 1. The van der Waals surface area contributed by atoms with E-state index in [1.165, 1.54) is 6.07 Å². The van der Waals surface area contributed by atoms with Crippen LogP contribution in [0.1, 0.15) is 20.3 Å². The van der Waals surface area contributed by atoms with Crippen LogP contribution >= 0.6 is 0 Å². The number of para-hydroxylation sites is 1. The third-order valence-corrected chi connectivity index (χ3v) is 3.26. The smallest absolute Gasteiger partial charge is 0.146 e. The monoisotopic (exact) mass is 222 g/mol. The molecule has 0 aliphatic carbocycles. The van der Waals surface area contributed by atoms with Crippen molar-refractivity contribution in [2.45, 2.75) is 32.4 Å². The molecular formula is C13H19FN2. The van der Waals surface area contributed by atoms with Gasteiger partial charge < -0.3 is 10.2 Å². The Labute approximate surface area is 96.5 Å². The van der Waals surface area contributed by atoms with Gasteiger partial charge in [0.15, 0.2) is 0 Å². The summed E-state index contributed by atoms with van der Waals surface area (Å²) in [7, 11) is 0. The van der Waals surface area contributed by atoms with Crippen LogP contribution in [-0.4, -0.2) is 25.2 Å². The van der Waals surface area contributed by atoms with Crippen LogP contribution < -0.4 is 10.2 Å². The molecule has 1 aromatic rings. The molecule has 1 aromatic carbocycles. The zero-order chi connectivity index (χ0) is 11.5. The Hall–Kier alpha value is -1.09. The van der Waals surface area contributed by atoms with Gasteiger partial charge in [-0.3, -0.25) is 0 Å². The first-order valence-electron chi connectivity index (χ1n) is 5.93. The second-order valence-electron chi connectivity index (χ2n) is 4.55.